The SMILES string of the molecule is CCN(C(=O)c1ccc(OC)c(OC)c1)C(c1ccccc1)c1ccccc1. The highest BCUT2D eigenvalue weighted by Crippen LogP contribution is 2.32. The minimum Gasteiger partial charge on any atom is -0.493 e. The molecule has 0 saturated heterocycles. The Kier molecular flexibility index (Phi) is 6.33. The number of benzene rings is 3. The van der Waals surface area contributed by atoms with Crippen LogP contribution < -0.4 is 9.47 Å². The zero-order chi connectivity index (χ0) is 19.9. The summed E-state index contributed by atoms with van der Waals surface area (Å²) in [5.41, 5.74) is 2.71. The van der Waals surface area contributed by atoms with Gasteiger partial charge in [-0.1, -0.05) is 60.7 Å². The lowest BCUT2D eigenvalue weighted by Gasteiger charge is -2.32. The van der Waals surface area contributed by atoms with Gasteiger partial charge in [-0.3, -0.25) is 4.79 Å². The van der Waals surface area contributed by atoms with Crippen molar-refractivity contribution in [1.29, 1.82) is 0 Å². The van der Waals surface area contributed by atoms with Gasteiger partial charge >= 0.3 is 0 Å². The zero-order valence-corrected chi connectivity index (χ0v) is 16.5. The molecular formula is C24H25NO3. The van der Waals surface area contributed by atoms with Gasteiger partial charge in [-0.15, -0.1) is 0 Å². The van der Waals surface area contributed by atoms with Crippen LogP contribution in [0.4, 0.5) is 0 Å². The van der Waals surface area contributed by atoms with Crippen molar-refractivity contribution in [2.45, 2.75) is 13.0 Å². The Labute approximate surface area is 166 Å². The molecule has 3 rings (SSSR count). The molecule has 0 aromatic heterocycles. The second-order valence-electron chi connectivity index (χ2n) is 6.38. The highest BCUT2D eigenvalue weighted by molar-refractivity contribution is 5.95. The van der Waals surface area contributed by atoms with Crippen LogP contribution in [0.3, 0.4) is 0 Å². The second kappa shape index (κ2) is 9.09. The van der Waals surface area contributed by atoms with Gasteiger partial charge in [-0.2, -0.15) is 0 Å². The van der Waals surface area contributed by atoms with Crippen LogP contribution in [0.15, 0.2) is 78.9 Å². The van der Waals surface area contributed by atoms with E-state index in [4.69, 9.17) is 9.47 Å². The number of rotatable bonds is 7. The third-order valence-electron chi connectivity index (χ3n) is 4.77. The van der Waals surface area contributed by atoms with Gasteiger partial charge in [0, 0.05) is 12.1 Å². The minimum atomic E-state index is -0.173. The second-order valence-corrected chi connectivity index (χ2v) is 6.38. The van der Waals surface area contributed by atoms with Crippen LogP contribution in [0.5, 0.6) is 11.5 Å². The van der Waals surface area contributed by atoms with E-state index < -0.39 is 0 Å². The van der Waals surface area contributed by atoms with Crippen molar-refractivity contribution in [3.8, 4) is 11.5 Å². The first-order valence-corrected chi connectivity index (χ1v) is 9.32. The summed E-state index contributed by atoms with van der Waals surface area (Å²) < 4.78 is 10.7. The topological polar surface area (TPSA) is 38.8 Å². The van der Waals surface area contributed by atoms with E-state index in [1.54, 1.807) is 32.4 Å². The third kappa shape index (κ3) is 4.01. The lowest BCUT2D eigenvalue weighted by Crippen LogP contribution is -2.35. The van der Waals surface area contributed by atoms with Gasteiger partial charge in [0.2, 0.25) is 0 Å². The summed E-state index contributed by atoms with van der Waals surface area (Å²) in [5.74, 6) is 1.09. The summed E-state index contributed by atoms with van der Waals surface area (Å²) in [4.78, 5) is 15.3. The van der Waals surface area contributed by atoms with Crippen LogP contribution in [0, 0.1) is 0 Å². The number of carbonyl (C=O) groups is 1. The lowest BCUT2D eigenvalue weighted by atomic mass is 9.96. The van der Waals surface area contributed by atoms with Gasteiger partial charge < -0.3 is 14.4 Å². The van der Waals surface area contributed by atoms with E-state index in [2.05, 4.69) is 24.3 Å². The van der Waals surface area contributed by atoms with Crippen molar-refractivity contribution in [2.75, 3.05) is 20.8 Å². The summed E-state index contributed by atoms with van der Waals surface area (Å²) in [6.45, 7) is 2.57. The fourth-order valence-corrected chi connectivity index (χ4v) is 3.40. The van der Waals surface area contributed by atoms with Crippen molar-refractivity contribution in [2.24, 2.45) is 0 Å². The monoisotopic (exact) mass is 375 g/mol. The van der Waals surface area contributed by atoms with Gasteiger partial charge in [-0.25, -0.2) is 0 Å². The Bertz CT molecular complexity index is 870. The molecule has 3 aromatic rings. The first-order chi connectivity index (χ1) is 13.7. The molecule has 0 heterocycles. The molecule has 4 heteroatoms. The Morgan fingerprint density at radius 3 is 1.82 bits per heavy atom. The van der Waals surface area contributed by atoms with E-state index in [0.29, 0.717) is 23.6 Å². The Balaban J connectivity index is 2.04. The normalized spacial score (nSPS) is 10.6. The van der Waals surface area contributed by atoms with Gasteiger partial charge in [0.15, 0.2) is 11.5 Å². The van der Waals surface area contributed by atoms with Gasteiger partial charge in [0.05, 0.1) is 20.3 Å². The first-order valence-electron chi connectivity index (χ1n) is 9.32. The molecule has 0 aliphatic rings. The average Bonchev–Trinajstić information content (AvgIpc) is 2.77. The molecule has 0 fully saturated rings. The molecule has 0 aliphatic carbocycles. The largest absolute Gasteiger partial charge is 0.493 e. The highest BCUT2D eigenvalue weighted by Gasteiger charge is 2.27. The molecule has 0 spiro atoms. The molecule has 0 N–H and O–H groups in total. The molecule has 3 aromatic carbocycles. The fraction of sp³-hybridized carbons (Fsp3) is 0.208. The smallest absolute Gasteiger partial charge is 0.254 e. The molecule has 0 atom stereocenters. The van der Waals surface area contributed by atoms with Crippen LogP contribution in [0.25, 0.3) is 0 Å². The summed E-state index contributed by atoms with van der Waals surface area (Å²) in [6, 6.07) is 25.3. The number of hydrogen-bond donors (Lipinski definition) is 0. The highest BCUT2D eigenvalue weighted by atomic mass is 16.5. The summed E-state index contributed by atoms with van der Waals surface area (Å²) >= 11 is 0. The first kappa shape index (κ1) is 19.5. The van der Waals surface area contributed by atoms with Crippen LogP contribution in [0.1, 0.15) is 34.5 Å². The van der Waals surface area contributed by atoms with Crippen molar-refractivity contribution in [1.82, 2.24) is 4.90 Å². The molecule has 1 amide bonds. The Morgan fingerprint density at radius 2 is 1.36 bits per heavy atom. The molecule has 4 nitrogen and oxygen atoms in total. The number of hydrogen-bond acceptors (Lipinski definition) is 3. The Morgan fingerprint density at radius 1 is 0.821 bits per heavy atom. The summed E-state index contributed by atoms with van der Waals surface area (Å²) in [5, 5.41) is 0. The fourth-order valence-electron chi connectivity index (χ4n) is 3.40. The third-order valence-corrected chi connectivity index (χ3v) is 4.77. The standard InChI is InChI=1S/C24H25NO3/c1-4-25(24(26)20-15-16-21(27-2)22(17-20)28-3)23(18-11-7-5-8-12-18)19-13-9-6-10-14-19/h5-17,23H,4H2,1-3H3. The van der Waals surface area contributed by atoms with Crippen LogP contribution in [-0.4, -0.2) is 31.6 Å². The van der Waals surface area contributed by atoms with Crippen LogP contribution in [-0.2, 0) is 0 Å². The lowest BCUT2D eigenvalue weighted by molar-refractivity contribution is 0.0716. The quantitative estimate of drug-likeness (QED) is 0.586. The van der Waals surface area contributed by atoms with E-state index in [9.17, 15) is 4.79 Å². The van der Waals surface area contributed by atoms with E-state index in [0.717, 1.165) is 11.1 Å². The van der Waals surface area contributed by atoms with E-state index >= 15 is 0 Å². The molecule has 28 heavy (non-hydrogen) atoms. The number of nitrogens with zero attached hydrogens (tertiary/aromatic N) is 1. The maximum atomic E-state index is 13.5. The number of methoxy groups -OCH3 is 2. The molecule has 0 unspecified atom stereocenters. The van der Waals surface area contributed by atoms with Gasteiger partial charge in [-0.05, 0) is 36.2 Å². The van der Waals surface area contributed by atoms with Crippen molar-refractivity contribution >= 4 is 5.91 Å². The maximum Gasteiger partial charge on any atom is 0.254 e. The number of amides is 1. The molecule has 0 radical (unpaired) electrons. The van der Waals surface area contributed by atoms with E-state index in [1.807, 2.05) is 48.2 Å². The minimum absolute atomic E-state index is 0.0545. The van der Waals surface area contributed by atoms with Gasteiger partial charge in [0.25, 0.3) is 5.91 Å². The Hall–Kier alpha value is -3.27. The van der Waals surface area contributed by atoms with E-state index in [-0.39, 0.29) is 11.9 Å². The van der Waals surface area contributed by atoms with Gasteiger partial charge in [0.1, 0.15) is 0 Å². The van der Waals surface area contributed by atoms with E-state index in [1.165, 1.54) is 0 Å². The molecule has 0 bridgehead atoms. The maximum absolute atomic E-state index is 13.5. The predicted molar refractivity (Wildman–Crippen MR) is 111 cm³/mol. The summed E-state index contributed by atoms with van der Waals surface area (Å²) in [7, 11) is 3.15. The zero-order valence-electron chi connectivity index (χ0n) is 16.5. The van der Waals surface area contributed by atoms with Crippen molar-refractivity contribution < 1.29 is 14.3 Å². The molecular weight excluding hydrogens is 350 g/mol. The van der Waals surface area contributed by atoms with Crippen LogP contribution >= 0.6 is 0 Å². The van der Waals surface area contributed by atoms with Crippen LogP contribution in [0.2, 0.25) is 0 Å². The van der Waals surface area contributed by atoms with Crippen molar-refractivity contribution in [3.63, 3.8) is 0 Å². The number of carbonyl (C=O) groups excluding carboxylic acids is 1. The summed E-state index contributed by atoms with van der Waals surface area (Å²) in [6.07, 6.45) is 0. The van der Waals surface area contributed by atoms with Crippen molar-refractivity contribution in [3.05, 3.63) is 95.6 Å². The predicted octanol–water partition coefficient (Wildman–Crippen LogP) is 4.96. The molecule has 0 saturated carbocycles. The average molecular weight is 375 g/mol. The molecule has 144 valence electrons. The number of ether oxygens (including phenoxy) is 2. The molecule has 0 aliphatic heterocycles.